The van der Waals surface area contributed by atoms with E-state index in [0.717, 1.165) is 12.3 Å². The van der Waals surface area contributed by atoms with Gasteiger partial charge in [-0.25, -0.2) is 9.97 Å². The Morgan fingerprint density at radius 1 is 1.25 bits per heavy atom. The first-order valence-corrected chi connectivity index (χ1v) is 8.78. The van der Waals surface area contributed by atoms with Crippen molar-refractivity contribution in [1.82, 2.24) is 14.9 Å². The fraction of sp³-hybridized carbons (Fsp3) is 0.278. The first kappa shape index (κ1) is 18.2. The zero-order chi connectivity index (χ0) is 17.4. The molecule has 0 bridgehead atoms. The van der Waals surface area contributed by atoms with Crippen molar-refractivity contribution in [3.63, 3.8) is 0 Å². The summed E-state index contributed by atoms with van der Waals surface area (Å²) in [5.41, 5.74) is 1.33. The van der Waals surface area contributed by atoms with E-state index in [9.17, 15) is 4.79 Å². The highest BCUT2D eigenvalue weighted by Crippen LogP contribution is 2.14. The maximum Gasteiger partial charge on any atom is 0.187 e. The lowest BCUT2D eigenvalue weighted by Crippen LogP contribution is -2.19. The van der Waals surface area contributed by atoms with Gasteiger partial charge >= 0.3 is 0 Å². The van der Waals surface area contributed by atoms with Crippen LogP contribution in [0.3, 0.4) is 0 Å². The van der Waals surface area contributed by atoms with Gasteiger partial charge in [0.2, 0.25) is 0 Å². The molecule has 0 radical (unpaired) electrons. The van der Waals surface area contributed by atoms with E-state index in [1.54, 1.807) is 30.5 Å². The number of nitrogens with zero attached hydrogens (tertiary/aromatic N) is 3. The van der Waals surface area contributed by atoms with Crippen molar-refractivity contribution in [2.75, 3.05) is 33.5 Å². The van der Waals surface area contributed by atoms with E-state index >= 15 is 0 Å². The Bertz CT molecular complexity index is 700. The molecule has 0 unspecified atom stereocenters. The molecule has 6 heteroatoms. The van der Waals surface area contributed by atoms with Crippen LogP contribution in [0.4, 0.5) is 0 Å². The molecule has 0 saturated carbocycles. The fourth-order valence-electron chi connectivity index (χ4n) is 1.86. The standard InChI is InChI=1S/C18H21N3O2S/c1-21(2)12-13-23-16-7-4-14(5-8-16)17(22)9-6-15-10-11-19-18(20-15)24-3/h4-11H,12-13H2,1-3H3. The molecule has 2 aromatic rings. The lowest BCUT2D eigenvalue weighted by molar-refractivity contribution is 0.104. The van der Waals surface area contributed by atoms with E-state index in [4.69, 9.17) is 4.74 Å². The number of allylic oxidation sites excluding steroid dienone is 1. The van der Waals surface area contributed by atoms with Crippen LogP contribution in [0.15, 0.2) is 47.8 Å². The molecular formula is C18H21N3O2S. The topological polar surface area (TPSA) is 55.3 Å². The molecule has 0 aliphatic rings. The Morgan fingerprint density at radius 2 is 2.00 bits per heavy atom. The molecule has 0 saturated heterocycles. The van der Waals surface area contributed by atoms with Gasteiger partial charge in [0.25, 0.3) is 0 Å². The van der Waals surface area contributed by atoms with Gasteiger partial charge in [-0.3, -0.25) is 4.79 Å². The minimum atomic E-state index is -0.0702. The van der Waals surface area contributed by atoms with Gasteiger partial charge in [-0.2, -0.15) is 0 Å². The van der Waals surface area contributed by atoms with E-state index in [1.165, 1.54) is 17.8 Å². The van der Waals surface area contributed by atoms with Crippen LogP contribution in [0.1, 0.15) is 16.1 Å². The molecular weight excluding hydrogens is 322 g/mol. The second-order valence-electron chi connectivity index (χ2n) is 5.34. The highest BCUT2D eigenvalue weighted by molar-refractivity contribution is 7.98. The third-order valence-corrected chi connectivity index (χ3v) is 3.75. The Balaban J connectivity index is 1.95. The van der Waals surface area contributed by atoms with Crippen LogP contribution in [0.2, 0.25) is 0 Å². The number of hydrogen-bond donors (Lipinski definition) is 0. The quantitative estimate of drug-likeness (QED) is 0.318. The fourth-order valence-corrected chi connectivity index (χ4v) is 2.23. The summed E-state index contributed by atoms with van der Waals surface area (Å²) in [6, 6.07) is 8.93. The molecule has 5 nitrogen and oxygen atoms in total. The molecule has 0 atom stereocenters. The average molecular weight is 343 g/mol. The van der Waals surface area contributed by atoms with Crippen LogP contribution >= 0.6 is 11.8 Å². The van der Waals surface area contributed by atoms with Crippen molar-refractivity contribution < 1.29 is 9.53 Å². The number of ketones is 1. The van der Waals surface area contributed by atoms with E-state index in [1.807, 2.05) is 32.5 Å². The lowest BCUT2D eigenvalue weighted by atomic mass is 10.1. The highest BCUT2D eigenvalue weighted by atomic mass is 32.2. The minimum Gasteiger partial charge on any atom is -0.492 e. The van der Waals surface area contributed by atoms with Crippen LogP contribution in [-0.2, 0) is 0 Å². The third kappa shape index (κ3) is 5.79. The molecule has 0 aliphatic carbocycles. The second-order valence-corrected chi connectivity index (χ2v) is 6.12. The summed E-state index contributed by atoms with van der Waals surface area (Å²) in [7, 11) is 3.99. The van der Waals surface area contributed by atoms with Crippen LogP contribution in [0.5, 0.6) is 5.75 Å². The molecule has 24 heavy (non-hydrogen) atoms. The van der Waals surface area contributed by atoms with Gasteiger partial charge in [0.15, 0.2) is 10.9 Å². The van der Waals surface area contributed by atoms with Crippen molar-refractivity contribution in [1.29, 1.82) is 0 Å². The number of hydrogen-bond acceptors (Lipinski definition) is 6. The van der Waals surface area contributed by atoms with Gasteiger partial charge in [-0.1, -0.05) is 11.8 Å². The van der Waals surface area contributed by atoms with Gasteiger partial charge in [-0.05, 0) is 62.8 Å². The van der Waals surface area contributed by atoms with Crippen LogP contribution in [-0.4, -0.2) is 54.2 Å². The third-order valence-electron chi connectivity index (χ3n) is 3.19. The summed E-state index contributed by atoms with van der Waals surface area (Å²) < 4.78 is 5.62. The number of benzene rings is 1. The Kier molecular flexibility index (Phi) is 6.96. The lowest BCUT2D eigenvalue weighted by Gasteiger charge is -2.10. The molecule has 0 amide bonds. The average Bonchev–Trinajstić information content (AvgIpc) is 2.60. The summed E-state index contributed by atoms with van der Waals surface area (Å²) in [5, 5.41) is 0.684. The molecule has 0 aliphatic heterocycles. The number of carbonyl (C=O) groups is 1. The van der Waals surface area contributed by atoms with Gasteiger partial charge < -0.3 is 9.64 Å². The number of rotatable bonds is 8. The van der Waals surface area contributed by atoms with Crippen molar-refractivity contribution in [3.8, 4) is 5.75 Å². The van der Waals surface area contributed by atoms with Crippen LogP contribution in [0.25, 0.3) is 6.08 Å². The minimum absolute atomic E-state index is 0.0702. The summed E-state index contributed by atoms with van der Waals surface area (Å²) in [6.07, 6.45) is 6.82. The van der Waals surface area contributed by atoms with Crippen molar-refractivity contribution in [2.45, 2.75) is 5.16 Å². The number of aromatic nitrogens is 2. The molecule has 1 aromatic carbocycles. The summed E-state index contributed by atoms with van der Waals surface area (Å²) in [6.45, 7) is 1.46. The van der Waals surface area contributed by atoms with Crippen molar-refractivity contribution in [2.24, 2.45) is 0 Å². The summed E-state index contributed by atoms with van der Waals surface area (Å²) >= 11 is 1.47. The van der Waals surface area contributed by atoms with Crippen LogP contribution in [0, 0.1) is 0 Å². The molecule has 0 spiro atoms. The zero-order valence-corrected chi connectivity index (χ0v) is 14.9. The Hall–Kier alpha value is -2.18. The van der Waals surface area contributed by atoms with Gasteiger partial charge in [0.05, 0.1) is 5.69 Å². The van der Waals surface area contributed by atoms with Gasteiger partial charge in [0.1, 0.15) is 12.4 Å². The molecule has 1 aromatic heterocycles. The Labute approximate surface area is 146 Å². The smallest absolute Gasteiger partial charge is 0.187 e. The predicted octanol–water partition coefficient (Wildman–Crippen LogP) is 3.04. The maximum absolute atomic E-state index is 12.2. The van der Waals surface area contributed by atoms with E-state index < -0.39 is 0 Å². The second kappa shape index (κ2) is 9.20. The van der Waals surface area contributed by atoms with Gasteiger partial charge in [0, 0.05) is 18.3 Å². The molecule has 126 valence electrons. The molecule has 1 heterocycles. The number of thioether (sulfide) groups is 1. The summed E-state index contributed by atoms with van der Waals surface area (Å²) in [5.74, 6) is 0.692. The van der Waals surface area contributed by atoms with Crippen molar-refractivity contribution in [3.05, 3.63) is 53.9 Å². The van der Waals surface area contributed by atoms with E-state index in [2.05, 4.69) is 14.9 Å². The van der Waals surface area contributed by atoms with E-state index in [0.29, 0.717) is 23.0 Å². The Morgan fingerprint density at radius 3 is 2.67 bits per heavy atom. The monoisotopic (exact) mass is 343 g/mol. The highest BCUT2D eigenvalue weighted by Gasteiger charge is 2.03. The van der Waals surface area contributed by atoms with E-state index in [-0.39, 0.29) is 5.78 Å². The number of likely N-dealkylation sites (N-methyl/N-ethyl adjacent to an activating group) is 1. The van der Waals surface area contributed by atoms with Crippen molar-refractivity contribution >= 4 is 23.6 Å². The zero-order valence-electron chi connectivity index (χ0n) is 14.1. The number of ether oxygens (including phenoxy) is 1. The first-order chi connectivity index (χ1) is 11.6. The SMILES string of the molecule is CSc1nccc(C=CC(=O)c2ccc(OCCN(C)C)cc2)n1. The largest absolute Gasteiger partial charge is 0.492 e. The number of carbonyl (C=O) groups excluding carboxylic acids is 1. The first-order valence-electron chi connectivity index (χ1n) is 7.55. The predicted molar refractivity (Wildman–Crippen MR) is 97.7 cm³/mol. The van der Waals surface area contributed by atoms with Gasteiger partial charge in [-0.15, -0.1) is 0 Å². The summed E-state index contributed by atoms with van der Waals surface area (Å²) in [4.78, 5) is 22.7. The molecule has 0 N–H and O–H groups in total. The van der Waals surface area contributed by atoms with Crippen LogP contribution < -0.4 is 4.74 Å². The molecule has 0 fully saturated rings. The maximum atomic E-state index is 12.2. The normalized spacial score (nSPS) is 11.2. The molecule has 2 rings (SSSR count).